The summed E-state index contributed by atoms with van der Waals surface area (Å²) in [6.07, 6.45) is -0.851. The maximum Gasteiger partial charge on any atom is 0.320 e. The molecule has 0 aliphatic heterocycles. The molecule has 72 valence electrons. The fourth-order valence-corrected chi connectivity index (χ4v) is 0.592. The molecular formula is C6H12F2N2O2. The molecule has 1 atom stereocenters. The van der Waals surface area contributed by atoms with Crippen LogP contribution in [0.4, 0.5) is 8.78 Å². The predicted octanol–water partition coefficient (Wildman–Crippen LogP) is -0.228. The zero-order valence-electron chi connectivity index (χ0n) is 6.46. The van der Waals surface area contributed by atoms with E-state index in [2.05, 4.69) is 0 Å². The number of carbonyl (C=O) groups is 1. The molecule has 0 saturated heterocycles. The molecule has 0 aliphatic rings. The van der Waals surface area contributed by atoms with Crippen molar-refractivity contribution in [2.75, 3.05) is 6.54 Å². The van der Waals surface area contributed by atoms with E-state index < -0.39 is 30.9 Å². The molecular weight excluding hydrogens is 170 g/mol. The lowest BCUT2D eigenvalue weighted by molar-refractivity contribution is -0.139. The Kier molecular flexibility index (Phi) is 4.05. The van der Waals surface area contributed by atoms with Gasteiger partial charge in [-0.1, -0.05) is 0 Å². The summed E-state index contributed by atoms with van der Waals surface area (Å²) >= 11 is 0. The lowest BCUT2D eigenvalue weighted by Gasteiger charge is -2.14. The van der Waals surface area contributed by atoms with Crippen LogP contribution in [0.2, 0.25) is 0 Å². The summed E-state index contributed by atoms with van der Waals surface area (Å²) in [7, 11) is 0. The third-order valence-corrected chi connectivity index (χ3v) is 1.44. The van der Waals surface area contributed by atoms with Crippen LogP contribution in [-0.4, -0.2) is 29.6 Å². The Morgan fingerprint density at radius 1 is 1.58 bits per heavy atom. The maximum atomic E-state index is 12.4. The second-order valence-corrected chi connectivity index (χ2v) is 2.54. The number of nitrogens with two attached hydrogens (primary N) is 2. The van der Waals surface area contributed by atoms with E-state index in [0.29, 0.717) is 0 Å². The number of alkyl halides is 2. The molecule has 0 unspecified atom stereocenters. The smallest absolute Gasteiger partial charge is 0.320 e. The molecule has 0 aromatic heterocycles. The van der Waals surface area contributed by atoms with Gasteiger partial charge in [-0.2, -0.15) is 0 Å². The summed E-state index contributed by atoms with van der Waals surface area (Å²) in [5.41, 5.74) is 9.74. The van der Waals surface area contributed by atoms with Crippen LogP contribution >= 0.6 is 0 Å². The van der Waals surface area contributed by atoms with Gasteiger partial charge in [0.25, 0.3) is 5.92 Å². The van der Waals surface area contributed by atoms with Crippen molar-refractivity contribution in [3.05, 3.63) is 0 Å². The monoisotopic (exact) mass is 182 g/mol. The topological polar surface area (TPSA) is 89.3 Å². The van der Waals surface area contributed by atoms with Crippen LogP contribution in [0.25, 0.3) is 0 Å². The minimum atomic E-state index is -3.01. The largest absolute Gasteiger partial charge is 0.480 e. The van der Waals surface area contributed by atoms with Gasteiger partial charge in [0.2, 0.25) is 0 Å². The van der Waals surface area contributed by atoms with Crippen LogP contribution in [-0.2, 0) is 4.79 Å². The van der Waals surface area contributed by atoms with Crippen molar-refractivity contribution >= 4 is 5.97 Å². The van der Waals surface area contributed by atoms with Gasteiger partial charge in [-0.05, 0) is 6.42 Å². The normalized spacial score (nSPS) is 14.3. The summed E-state index contributed by atoms with van der Waals surface area (Å²) < 4.78 is 24.8. The Bertz CT molecular complexity index is 164. The fourth-order valence-electron chi connectivity index (χ4n) is 0.592. The molecule has 5 N–H and O–H groups in total. The van der Waals surface area contributed by atoms with E-state index in [0.717, 1.165) is 0 Å². The molecule has 0 saturated carbocycles. The molecule has 6 heteroatoms. The molecule has 0 fully saturated rings. The zero-order chi connectivity index (χ0) is 9.78. The highest BCUT2D eigenvalue weighted by molar-refractivity contribution is 5.72. The Morgan fingerprint density at radius 3 is 2.42 bits per heavy atom. The lowest BCUT2D eigenvalue weighted by Crippen LogP contribution is -2.34. The van der Waals surface area contributed by atoms with Crippen molar-refractivity contribution in [2.24, 2.45) is 11.5 Å². The van der Waals surface area contributed by atoms with Crippen molar-refractivity contribution in [3.63, 3.8) is 0 Å². The van der Waals surface area contributed by atoms with Crippen LogP contribution in [0.5, 0.6) is 0 Å². The Morgan fingerprint density at radius 2 is 2.08 bits per heavy atom. The summed E-state index contributed by atoms with van der Waals surface area (Å²) in [5, 5.41) is 8.25. The Labute approximate surface area is 68.5 Å². The van der Waals surface area contributed by atoms with Gasteiger partial charge in [-0.25, -0.2) is 8.78 Å². The second-order valence-electron chi connectivity index (χ2n) is 2.54. The highest BCUT2D eigenvalue weighted by Gasteiger charge is 2.28. The van der Waals surface area contributed by atoms with Crippen LogP contribution in [0.1, 0.15) is 12.8 Å². The zero-order valence-corrected chi connectivity index (χ0v) is 6.46. The first-order valence-electron chi connectivity index (χ1n) is 3.45. The molecule has 0 aliphatic carbocycles. The summed E-state index contributed by atoms with van der Waals surface area (Å²) in [6, 6.07) is -1.23. The number of rotatable bonds is 5. The van der Waals surface area contributed by atoms with E-state index in [1.54, 1.807) is 0 Å². The predicted molar refractivity (Wildman–Crippen MR) is 38.8 cm³/mol. The molecule has 0 heterocycles. The quantitative estimate of drug-likeness (QED) is 0.548. The van der Waals surface area contributed by atoms with Crippen molar-refractivity contribution in [1.82, 2.24) is 0 Å². The van der Waals surface area contributed by atoms with Gasteiger partial charge < -0.3 is 16.6 Å². The number of hydrogen-bond acceptors (Lipinski definition) is 3. The molecule has 0 aromatic carbocycles. The van der Waals surface area contributed by atoms with Gasteiger partial charge in [-0.15, -0.1) is 0 Å². The highest BCUT2D eigenvalue weighted by Crippen LogP contribution is 2.18. The maximum absolute atomic E-state index is 12.4. The average Bonchev–Trinajstić information content (AvgIpc) is 2.00. The molecule has 0 spiro atoms. The second kappa shape index (κ2) is 4.32. The van der Waals surface area contributed by atoms with Gasteiger partial charge in [0.05, 0.1) is 6.54 Å². The first-order valence-corrected chi connectivity index (χ1v) is 3.45. The van der Waals surface area contributed by atoms with Gasteiger partial charge in [0.1, 0.15) is 6.04 Å². The third kappa shape index (κ3) is 4.20. The number of aliphatic carboxylic acids is 1. The van der Waals surface area contributed by atoms with Crippen molar-refractivity contribution in [2.45, 2.75) is 24.8 Å². The summed E-state index contributed by atoms with van der Waals surface area (Å²) in [5.74, 6) is -4.28. The van der Waals surface area contributed by atoms with Crippen molar-refractivity contribution in [1.29, 1.82) is 0 Å². The van der Waals surface area contributed by atoms with Gasteiger partial charge in [0.15, 0.2) is 0 Å². The molecule has 0 rings (SSSR count). The lowest BCUT2D eigenvalue weighted by atomic mass is 10.1. The number of halogens is 2. The first kappa shape index (κ1) is 11.2. The Balaban J connectivity index is 3.75. The fraction of sp³-hybridized carbons (Fsp3) is 0.833. The standard InChI is InChI=1S/C6H12F2N2O2/c7-6(8,3-9)2-1-4(10)5(11)12/h4H,1-3,9-10H2,(H,11,12)/t4-/m0/s1. The van der Waals surface area contributed by atoms with E-state index in [9.17, 15) is 13.6 Å². The minimum absolute atomic E-state index is 0.264. The number of carboxylic acids is 1. The molecule has 0 amide bonds. The SMILES string of the molecule is NCC(F)(F)CC[C@H](N)C(=O)O. The van der Waals surface area contributed by atoms with Gasteiger partial charge in [0, 0.05) is 6.42 Å². The number of carboxylic acid groups (broad SMARTS) is 1. The Hall–Kier alpha value is -0.750. The molecule has 12 heavy (non-hydrogen) atoms. The first-order chi connectivity index (χ1) is 5.39. The molecule has 0 radical (unpaired) electrons. The van der Waals surface area contributed by atoms with E-state index in [4.69, 9.17) is 16.6 Å². The van der Waals surface area contributed by atoms with E-state index in [-0.39, 0.29) is 6.42 Å². The molecule has 0 bridgehead atoms. The van der Waals surface area contributed by atoms with E-state index in [1.165, 1.54) is 0 Å². The third-order valence-electron chi connectivity index (χ3n) is 1.44. The van der Waals surface area contributed by atoms with E-state index in [1.807, 2.05) is 0 Å². The summed E-state index contributed by atoms with van der Waals surface area (Å²) in [6.45, 7) is -0.778. The van der Waals surface area contributed by atoms with Crippen LogP contribution < -0.4 is 11.5 Å². The number of hydrogen-bond donors (Lipinski definition) is 3. The van der Waals surface area contributed by atoms with Gasteiger partial charge >= 0.3 is 5.97 Å². The van der Waals surface area contributed by atoms with Crippen LogP contribution in [0, 0.1) is 0 Å². The highest BCUT2D eigenvalue weighted by atomic mass is 19.3. The van der Waals surface area contributed by atoms with Crippen molar-refractivity contribution in [3.8, 4) is 0 Å². The molecule has 4 nitrogen and oxygen atoms in total. The average molecular weight is 182 g/mol. The van der Waals surface area contributed by atoms with Crippen LogP contribution in [0.3, 0.4) is 0 Å². The van der Waals surface area contributed by atoms with Crippen molar-refractivity contribution < 1.29 is 18.7 Å². The minimum Gasteiger partial charge on any atom is -0.480 e. The van der Waals surface area contributed by atoms with Gasteiger partial charge in [-0.3, -0.25) is 4.79 Å². The summed E-state index contributed by atoms with van der Waals surface area (Å²) in [4.78, 5) is 10.1. The molecule has 0 aromatic rings. The van der Waals surface area contributed by atoms with Crippen LogP contribution in [0.15, 0.2) is 0 Å². The van der Waals surface area contributed by atoms with E-state index >= 15 is 0 Å².